The lowest BCUT2D eigenvalue weighted by Gasteiger charge is -2.30. The van der Waals surface area contributed by atoms with Crippen LogP contribution in [0.1, 0.15) is 33.6 Å². The van der Waals surface area contributed by atoms with Crippen LogP contribution in [0.3, 0.4) is 0 Å². The quantitative estimate of drug-likeness (QED) is 0.725. The maximum absolute atomic E-state index is 11.9. The normalized spacial score (nSPS) is 20.9. The lowest BCUT2D eigenvalue weighted by molar-refractivity contribution is 0.298. The molecule has 0 radical (unpaired) electrons. The van der Waals surface area contributed by atoms with Gasteiger partial charge in [0.15, 0.2) is 0 Å². The van der Waals surface area contributed by atoms with Crippen LogP contribution >= 0.6 is 0 Å². The van der Waals surface area contributed by atoms with Crippen LogP contribution < -0.4 is 4.72 Å². The standard InChI is InChI=1S/C9H19NO3S/c1-8(2,3)9(4-5-9)14(12,13)10-6-7-11/h10-11H,4-7H2,1-3H3. The molecule has 84 valence electrons. The lowest BCUT2D eigenvalue weighted by Crippen LogP contribution is -2.45. The van der Waals surface area contributed by atoms with E-state index in [9.17, 15) is 8.42 Å². The number of nitrogens with one attached hydrogen (secondary N) is 1. The van der Waals surface area contributed by atoms with Gasteiger partial charge >= 0.3 is 0 Å². The zero-order valence-corrected chi connectivity index (χ0v) is 9.82. The molecule has 0 unspecified atom stereocenters. The lowest BCUT2D eigenvalue weighted by atomic mass is 9.90. The van der Waals surface area contributed by atoms with Gasteiger partial charge in [-0.2, -0.15) is 0 Å². The van der Waals surface area contributed by atoms with Gasteiger partial charge in [-0.25, -0.2) is 13.1 Å². The van der Waals surface area contributed by atoms with Crippen molar-refractivity contribution in [1.82, 2.24) is 4.72 Å². The van der Waals surface area contributed by atoms with E-state index in [4.69, 9.17) is 5.11 Å². The average Bonchev–Trinajstić information content (AvgIpc) is 2.78. The number of hydrogen-bond acceptors (Lipinski definition) is 3. The van der Waals surface area contributed by atoms with Gasteiger partial charge in [0.2, 0.25) is 10.0 Å². The fourth-order valence-corrected chi connectivity index (χ4v) is 3.94. The van der Waals surface area contributed by atoms with Gasteiger partial charge in [-0.3, -0.25) is 0 Å². The maximum atomic E-state index is 11.9. The molecule has 0 aromatic heterocycles. The monoisotopic (exact) mass is 221 g/mol. The Morgan fingerprint density at radius 2 is 1.86 bits per heavy atom. The van der Waals surface area contributed by atoms with Gasteiger partial charge in [-0.1, -0.05) is 20.8 Å². The minimum atomic E-state index is -3.28. The van der Waals surface area contributed by atoms with Crippen molar-refractivity contribution < 1.29 is 13.5 Å². The molecular weight excluding hydrogens is 202 g/mol. The minimum absolute atomic E-state index is 0.111. The van der Waals surface area contributed by atoms with E-state index in [1.54, 1.807) is 0 Å². The van der Waals surface area contributed by atoms with Crippen molar-refractivity contribution in [2.24, 2.45) is 5.41 Å². The number of aliphatic hydroxyl groups is 1. The summed E-state index contributed by atoms with van der Waals surface area (Å²) >= 11 is 0. The molecular formula is C9H19NO3S. The summed E-state index contributed by atoms with van der Waals surface area (Å²) in [5, 5.41) is 8.59. The third-order valence-electron chi connectivity index (χ3n) is 2.99. The van der Waals surface area contributed by atoms with Gasteiger partial charge in [0.05, 0.1) is 11.4 Å². The maximum Gasteiger partial charge on any atom is 0.217 e. The molecule has 0 aromatic carbocycles. The predicted octanol–water partition coefficient (Wildman–Crippen LogP) is 0.477. The second-order valence-electron chi connectivity index (χ2n) is 4.87. The van der Waals surface area contributed by atoms with Crippen molar-refractivity contribution in [3.8, 4) is 0 Å². The van der Waals surface area contributed by atoms with Crippen LogP contribution in [0, 0.1) is 5.41 Å². The number of sulfonamides is 1. The molecule has 0 spiro atoms. The molecule has 14 heavy (non-hydrogen) atoms. The summed E-state index contributed by atoms with van der Waals surface area (Å²) in [5.41, 5.74) is -0.242. The Kier molecular flexibility index (Phi) is 2.96. The van der Waals surface area contributed by atoms with Crippen LogP contribution in [0.2, 0.25) is 0 Å². The number of rotatable bonds is 4. The molecule has 1 aliphatic carbocycles. The molecule has 1 fully saturated rings. The van der Waals surface area contributed by atoms with Crippen LogP contribution in [-0.2, 0) is 10.0 Å². The smallest absolute Gasteiger partial charge is 0.217 e. The number of hydrogen-bond donors (Lipinski definition) is 2. The Balaban J connectivity index is 2.83. The molecule has 5 heteroatoms. The summed E-state index contributed by atoms with van der Waals surface area (Å²) in [4.78, 5) is 0. The Hall–Kier alpha value is -0.130. The first-order valence-corrected chi connectivity index (χ1v) is 6.35. The third-order valence-corrected chi connectivity index (χ3v) is 5.62. The van der Waals surface area contributed by atoms with Crippen LogP contribution in [-0.4, -0.2) is 31.4 Å². The molecule has 1 aliphatic rings. The Labute approximate surface area is 85.8 Å². The Morgan fingerprint density at radius 1 is 1.36 bits per heavy atom. The molecule has 2 N–H and O–H groups in total. The summed E-state index contributed by atoms with van der Waals surface area (Å²) in [6.07, 6.45) is 1.44. The first-order valence-electron chi connectivity index (χ1n) is 4.87. The fourth-order valence-electron chi connectivity index (χ4n) is 1.85. The third kappa shape index (κ3) is 1.81. The average molecular weight is 221 g/mol. The molecule has 0 atom stereocenters. The number of aliphatic hydroxyl groups excluding tert-OH is 1. The van der Waals surface area contributed by atoms with Crippen molar-refractivity contribution >= 4 is 10.0 Å². The molecule has 1 saturated carbocycles. The van der Waals surface area contributed by atoms with Crippen molar-refractivity contribution in [2.45, 2.75) is 38.4 Å². The van der Waals surface area contributed by atoms with E-state index < -0.39 is 14.8 Å². The Morgan fingerprint density at radius 3 is 2.14 bits per heavy atom. The molecule has 4 nitrogen and oxygen atoms in total. The molecule has 0 aromatic rings. The van der Waals surface area contributed by atoms with E-state index in [-0.39, 0.29) is 18.6 Å². The summed E-state index contributed by atoms with van der Waals surface area (Å²) < 4.78 is 25.6. The topological polar surface area (TPSA) is 66.4 Å². The van der Waals surface area contributed by atoms with E-state index >= 15 is 0 Å². The van der Waals surface area contributed by atoms with Crippen LogP contribution in [0.4, 0.5) is 0 Å². The summed E-state index contributed by atoms with van der Waals surface area (Å²) in [6, 6.07) is 0. The van der Waals surface area contributed by atoms with Gasteiger partial charge < -0.3 is 5.11 Å². The molecule has 0 amide bonds. The fraction of sp³-hybridized carbons (Fsp3) is 1.00. The van der Waals surface area contributed by atoms with Gasteiger partial charge in [0, 0.05) is 6.54 Å². The first-order chi connectivity index (χ1) is 6.27. The summed E-state index contributed by atoms with van der Waals surface area (Å²) in [7, 11) is -3.28. The van der Waals surface area contributed by atoms with Gasteiger partial charge in [-0.15, -0.1) is 0 Å². The second-order valence-corrected chi connectivity index (χ2v) is 6.94. The van der Waals surface area contributed by atoms with E-state index in [0.29, 0.717) is 0 Å². The zero-order chi connectivity index (χ0) is 11.0. The zero-order valence-electron chi connectivity index (χ0n) is 9.00. The van der Waals surface area contributed by atoms with Crippen molar-refractivity contribution in [2.75, 3.05) is 13.2 Å². The predicted molar refractivity (Wildman–Crippen MR) is 55.4 cm³/mol. The first kappa shape index (κ1) is 11.9. The van der Waals surface area contributed by atoms with Crippen LogP contribution in [0.5, 0.6) is 0 Å². The van der Waals surface area contributed by atoms with E-state index in [1.807, 2.05) is 20.8 Å². The van der Waals surface area contributed by atoms with Crippen LogP contribution in [0.15, 0.2) is 0 Å². The Bertz CT molecular complexity index is 299. The molecule has 0 aliphatic heterocycles. The van der Waals surface area contributed by atoms with E-state index in [0.717, 1.165) is 12.8 Å². The molecule has 0 saturated heterocycles. The molecule has 0 heterocycles. The second kappa shape index (κ2) is 3.47. The highest BCUT2D eigenvalue weighted by atomic mass is 32.2. The van der Waals surface area contributed by atoms with Crippen molar-refractivity contribution in [1.29, 1.82) is 0 Å². The highest BCUT2D eigenvalue weighted by molar-refractivity contribution is 7.91. The van der Waals surface area contributed by atoms with Gasteiger partial charge in [0.1, 0.15) is 0 Å². The van der Waals surface area contributed by atoms with Gasteiger partial charge in [0.25, 0.3) is 0 Å². The molecule has 1 rings (SSSR count). The minimum Gasteiger partial charge on any atom is -0.395 e. The van der Waals surface area contributed by atoms with E-state index in [2.05, 4.69) is 4.72 Å². The SMILES string of the molecule is CC(C)(C)C1(S(=O)(=O)NCCO)CC1. The van der Waals surface area contributed by atoms with Gasteiger partial charge in [-0.05, 0) is 18.3 Å². The summed E-state index contributed by atoms with van der Waals surface area (Å²) in [6.45, 7) is 5.79. The molecule has 0 bridgehead atoms. The largest absolute Gasteiger partial charge is 0.395 e. The van der Waals surface area contributed by atoms with Crippen molar-refractivity contribution in [3.05, 3.63) is 0 Å². The highest BCUT2D eigenvalue weighted by Crippen LogP contribution is 2.55. The van der Waals surface area contributed by atoms with Crippen molar-refractivity contribution in [3.63, 3.8) is 0 Å². The van der Waals surface area contributed by atoms with Crippen LogP contribution in [0.25, 0.3) is 0 Å². The highest BCUT2D eigenvalue weighted by Gasteiger charge is 2.61. The van der Waals surface area contributed by atoms with E-state index in [1.165, 1.54) is 0 Å². The summed E-state index contributed by atoms with van der Waals surface area (Å²) in [5.74, 6) is 0.